The van der Waals surface area contributed by atoms with Crippen LogP contribution in [0.5, 0.6) is 0 Å². The van der Waals surface area contributed by atoms with Gasteiger partial charge in [0.05, 0.1) is 0 Å². The maximum atomic E-state index is 5.66. The molecule has 1 aromatic carbocycles. The first-order chi connectivity index (χ1) is 5.84. The molecule has 0 aromatic heterocycles. The lowest BCUT2D eigenvalue weighted by Gasteiger charge is -1.96. The van der Waals surface area contributed by atoms with E-state index >= 15 is 0 Å². The molecule has 0 aliphatic carbocycles. The van der Waals surface area contributed by atoms with E-state index in [1.54, 1.807) is 0 Å². The minimum Gasteiger partial charge on any atom is -0.398 e. The number of rotatable bonds is 1. The highest BCUT2D eigenvalue weighted by Crippen LogP contribution is 2.11. The van der Waals surface area contributed by atoms with Crippen molar-refractivity contribution in [3.63, 3.8) is 0 Å². The summed E-state index contributed by atoms with van der Waals surface area (Å²) in [4.78, 5) is 0. The molecular weight excluding hydrogens is 146 g/mol. The third-order valence-electron chi connectivity index (χ3n) is 1.34. The molecule has 0 radical (unpaired) electrons. The maximum absolute atomic E-state index is 5.66. The van der Waals surface area contributed by atoms with Crippen molar-refractivity contribution in [2.75, 3.05) is 5.73 Å². The van der Waals surface area contributed by atoms with Crippen molar-refractivity contribution in [3.05, 3.63) is 35.9 Å². The molecular formula is C11H17N. The second-order valence-corrected chi connectivity index (χ2v) is 2.13. The lowest BCUT2D eigenvalue weighted by molar-refractivity contribution is 1.50. The van der Waals surface area contributed by atoms with Crippen LogP contribution in [0, 0.1) is 0 Å². The molecule has 2 N–H and O–H groups in total. The molecule has 1 rings (SSSR count). The second-order valence-electron chi connectivity index (χ2n) is 2.13. The summed E-state index contributed by atoms with van der Waals surface area (Å²) in [6.45, 7) is 5.98. The van der Waals surface area contributed by atoms with Crippen molar-refractivity contribution in [3.8, 4) is 0 Å². The fourth-order valence-corrected chi connectivity index (χ4v) is 0.842. The molecule has 0 bridgehead atoms. The van der Waals surface area contributed by atoms with Crippen LogP contribution in [0.2, 0.25) is 0 Å². The molecule has 0 aliphatic heterocycles. The fourth-order valence-electron chi connectivity index (χ4n) is 0.842. The van der Waals surface area contributed by atoms with Gasteiger partial charge >= 0.3 is 0 Å². The molecule has 0 atom stereocenters. The Bertz CT molecular complexity index is 239. The highest BCUT2D eigenvalue weighted by atomic mass is 14.5. The van der Waals surface area contributed by atoms with Gasteiger partial charge in [-0.15, -0.1) is 0 Å². The van der Waals surface area contributed by atoms with E-state index in [0.717, 1.165) is 11.3 Å². The van der Waals surface area contributed by atoms with Crippen molar-refractivity contribution in [1.82, 2.24) is 0 Å². The summed E-state index contributed by atoms with van der Waals surface area (Å²) in [6, 6.07) is 7.80. The van der Waals surface area contributed by atoms with Crippen LogP contribution >= 0.6 is 0 Å². The summed E-state index contributed by atoms with van der Waals surface area (Å²) >= 11 is 0. The smallest absolute Gasteiger partial charge is 0.0387 e. The van der Waals surface area contributed by atoms with Gasteiger partial charge in [0.25, 0.3) is 0 Å². The molecule has 1 nitrogen and oxygen atoms in total. The Kier molecular flexibility index (Phi) is 5.80. The number of hydrogen-bond donors (Lipinski definition) is 1. The van der Waals surface area contributed by atoms with E-state index in [9.17, 15) is 0 Å². The van der Waals surface area contributed by atoms with Crippen LogP contribution < -0.4 is 5.73 Å². The Morgan fingerprint density at radius 3 is 2.25 bits per heavy atom. The van der Waals surface area contributed by atoms with Crippen molar-refractivity contribution >= 4 is 11.8 Å². The van der Waals surface area contributed by atoms with E-state index in [0.29, 0.717) is 0 Å². The predicted octanol–water partition coefficient (Wildman–Crippen LogP) is 3.33. The van der Waals surface area contributed by atoms with Crippen LogP contribution in [0.25, 0.3) is 6.08 Å². The third kappa shape index (κ3) is 3.24. The number of benzene rings is 1. The molecule has 1 heteroatoms. The standard InChI is InChI=1S/C9H11N.C2H6/c1-2-5-8-6-3-4-7-9(8)10;1-2/h2-7H,10H2,1H3;1-2H3/b5-2-;. The van der Waals surface area contributed by atoms with Crippen LogP contribution in [0.1, 0.15) is 26.3 Å². The van der Waals surface area contributed by atoms with Crippen LogP contribution in [0.4, 0.5) is 5.69 Å². The summed E-state index contributed by atoms with van der Waals surface area (Å²) in [6.07, 6.45) is 3.97. The molecule has 0 saturated carbocycles. The van der Waals surface area contributed by atoms with Crippen LogP contribution in [-0.2, 0) is 0 Å². The molecule has 0 amide bonds. The lowest BCUT2D eigenvalue weighted by Crippen LogP contribution is -1.86. The largest absolute Gasteiger partial charge is 0.398 e. The minimum absolute atomic E-state index is 0.834. The third-order valence-corrected chi connectivity index (χ3v) is 1.34. The first-order valence-electron chi connectivity index (χ1n) is 4.32. The molecule has 0 spiro atoms. The van der Waals surface area contributed by atoms with Gasteiger partial charge in [-0.2, -0.15) is 0 Å². The lowest BCUT2D eigenvalue weighted by atomic mass is 10.2. The number of allylic oxidation sites excluding steroid dienone is 1. The van der Waals surface area contributed by atoms with Gasteiger partial charge in [0, 0.05) is 5.69 Å². The van der Waals surface area contributed by atoms with Crippen molar-refractivity contribution in [2.45, 2.75) is 20.8 Å². The Balaban J connectivity index is 0.000000561. The van der Waals surface area contributed by atoms with Gasteiger partial charge in [-0.3, -0.25) is 0 Å². The average Bonchev–Trinajstić information content (AvgIpc) is 2.13. The van der Waals surface area contributed by atoms with Crippen LogP contribution in [-0.4, -0.2) is 0 Å². The van der Waals surface area contributed by atoms with E-state index in [4.69, 9.17) is 5.73 Å². The summed E-state index contributed by atoms with van der Waals surface area (Å²) in [5.41, 5.74) is 7.58. The Morgan fingerprint density at radius 1 is 1.17 bits per heavy atom. The molecule has 0 unspecified atom stereocenters. The van der Waals surface area contributed by atoms with E-state index in [-0.39, 0.29) is 0 Å². The molecule has 0 heterocycles. The Morgan fingerprint density at radius 2 is 1.75 bits per heavy atom. The van der Waals surface area contributed by atoms with Crippen LogP contribution in [0.15, 0.2) is 30.3 Å². The normalized spacial score (nSPS) is 9.25. The SMILES string of the molecule is C/C=C\c1ccccc1N.CC. The van der Waals surface area contributed by atoms with Crippen molar-refractivity contribution < 1.29 is 0 Å². The Labute approximate surface area is 74.9 Å². The van der Waals surface area contributed by atoms with Gasteiger partial charge in [0.15, 0.2) is 0 Å². The quantitative estimate of drug-likeness (QED) is 0.631. The van der Waals surface area contributed by atoms with E-state index < -0.39 is 0 Å². The van der Waals surface area contributed by atoms with E-state index in [1.165, 1.54) is 0 Å². The van der Waals surface area contributed by atoms with Gasteiger partial charge in [-0.1, -0.05) is 44.2 Å². The van der Waals surface area contributed by atoms with Gasteiger partial charge in [-0.25, -0.2) is 0 Å². The van der Waals surface area contributed by atoms with Crippen molar-refractivity contribution in [2.24, 2.45) is 0 Å². The van der Waals surface area contributed by atoms with Gasteiger partial charge < -0.3 is 5.73 Å². The van der Waals surface area contributed by atoms with Gasteiger partial charge in [0.2, 0.25) is 0 Å². The number of para-hydroxylation sites is 1. The first kappa shape index (κ1) is 10.8. The zero-order valence-corrected chi connectivity index (χ0v) is 8.04. The Hall–Kier alpha value is -1.24. The summed E-state index contributed by atoms with van der Waals surface area (Å²) in [5, 5.41) is 0. The minimum atomic E-state index is 0.834. The fraction of sp³-hybridized carbons (Fsp3) is 0.273. The van der Waals surface area contributed by atoms with Crippen molar-refractivity contribution in [1.29, 1.82) is 0 Å². The summed E-state index contributed by atoms with van der Waals surface area (Å²) in [7, 11) is 0. The number of nitrogen functional groups attached to an aromatic ring is 1. The highest BCUT2D eigenvalue weighted by Gasteiger charge is 1.88. The average molecular weight is 163 g/mol. The number of anilines is 1. The first-order valence-corrected chi connectivity index (χ1v) is 4.32. The molecule has 0 aliphatic rings. The van der Waals surface area contributed by atoms with Gasteiger partial charge in [0.1, 0.15) is 0 Å². The molecule has 0 saturated heterocycles. The van der Waals surface area contributed by atoms with E-state index in [1.807, 2.05) is 57.2 Å². The molecule has 66 valence electrons. The zero-order chi connectivity index (χ0) is 9.40. The van der Waals surface area contributed by atoms with Crippen LogP contribution in [0.3, 0.4) is 0 Å². The molecule has 1 aromatic rings. The topological polar surface area (TPSA) is 26.0 Å². The van der Waals surface area contributed by atoms with E-state index in [2.05, 4.69) is 0 Å². The second kappa shape index (κ2) is 6.47. The number of hydrogen-bond acceptors (Lipinski definition) is 1. The summed E-state index contributed by atoms with van der Waals surface area (Å²) < 4.78 is 0. The zero-order valence-electron chi connectivity index (χ0n) is 8.04. The monoisotopic (exact) mass is 163 g/mol. The molecule has 12 heavy (non-hydrogen) atoms. The maximum Gasteiger partial charge on any atom is 0.0387 e. The molecule has 0 fully saturated rings. The number of nitrogens with two attached hydrogens (primary N) is 1. The highest BCUT2D eigenvalue weighted by molar-refractivity contribution is 5.63. The summed E-state index contributed by atoms with van der Waals surface area (Å²) in [5.74, 6) is 0. The van der Waals surface area contributed by atoms with Gasteiger partial charge in [-0.05, 0) is 18.6 Å². The predicted molar refractivity (Wildman–Crippen MR) is 56.9 cm³/mol.